The van der Waals surface area contributed by atoms with Gasteiger partial charge in [0.1, 0.15) is 12.1 Å². The van der Waals surface area contributed by atoms with Crippen molar-refractivity contribution in [2.45, 2.75) is 45.3 Å². The SMILES string of the molecule is CCOP(=S)(OCC)C(O)Cn1c(=O)c(F)cn(C2CCCO2)c1=O. The molecule has 25 heavy (non-hydrogen) atoms. The van der Waals surface area contributed by atoms with Crippen molar-refractivity contribution in [2.75, 3.05) is 19.8 Å². The van der Waals surface area contributed by atoms with E-state index in [0.29, 0.717) is 17.6 Å². The fourth-order valence-electron chi connectivity index (χ4n) is 2.57. The molecule has 11 heteroatoms. The van der Waals surface area contributed by atoms with E-state index in [1.807, 2.05) is 0 Å². The van der Waals surface area contributed by atoms with Crippen LogP contribution in [-0.2, 0) is 32.1 Å². The standard InChI is InChI=1S/C14H22FN2O6PS/c1-3-22-24(25,23-4-2)12(18)9-17-13(19)10(15)8-16(14(17)20)11-6-5-7-21-11/h8,11-12,18H,3-7,9H2,1-2H3. The van der Waals surface area contributed by atoms with Gasteiger partial charge < -0.3 is 18.9 Å². The first-order valence-electron chi connectivity index (χ1n) is 8.04. The number of nitrogens with zero attached hydrogens (tertiary/aromatic N) is 2. The van der Waals surface area contributed by atoms with Gasteiger partial charge >= 0.3 is 5.69 Å². The summed E-state index contributed by atoms with van der Waals surface area (Å²) in [6.07, 6.45) is 1.48. The van der Waals surface area contributed by atoms with Gasteiger partial charge in [0, 0.05) is 6.61 Å². The summed E-state index contributed by atoms with van der Waals surface area (Å²) in [4.78, 5) is 24.6. The Morgan fingerprint density at radius 3 is 2.60 bits per heavy atom. The summed E-state index contributed by atoms with van der Waals surface area (Å²) in [7, 11) is 0. The highest BCUT2D eigenvalue weighted by atomic mass is 32.5. The molecule has 1 aromatic rings. The first-order chi connectivity index (χ1) is 11.8. The summed E-state index contributed by atoms with van der Waals surface area (Å²) >= 11 is 5.26. The van der Waals surface area contributed by atoms with Crippen LogP contribution in [0.3, 0.4) is 0 Å². The van der Waals surface area contributed by atoms with Crippen LogP contribution < -0.4 is 11.2 Å². The van der Waals surface area contributed by atoms with Gasteiger partial charge in [0.05, 0.1) is 26.0 Å². The van der Waals surface area contributed by atoms with Crippen molar-refractivity contribution < 1.29 is 23.3 Å². The smallest absolute Gasteiger partial charge is 0.333 e. The van der Waals surface area contributed by atoms with Crippen LogP contribution in [0.5, 0.6) is 0 Å². The third-order valence-electron chi connectivity index (χ3n) is 3.70. The summed E-state index contributed by atoms with van der Waals surface area (Å²) in [6.45, 7) is 0.570. The summed E-state index contributed by atoms with van der Waals surface area (Å²) in [5.41, 5.74) is -1.90. The highest BCUT2D eigenvalue weighted by molar-refractivity contribution is 8.10. The molecule has 8 nitrogen and oxygen atoms in total. The van der Waals surface area contributed by atoms with E-state index in [2.05, 4.69) is 0 Å². The van der Waals surface area contributed by atoms with Crippen molar-refractivity contribution in [2.24, 2.45) is 0 Å². The number of aromatic nitrogens is 2. The van der Waals surface area contributed by atoms with E-state index in [1.165, 1.54) is 0 Å². The number of aliphatic hydroxyl groups is 1. The topological polar surface area (TPSA) is 91.9 Å². The lowest BCUT2D eigenvalue weighted by atomic mass is 10.3. The average molecular weight is 396 g/mol. The molecule has 1 saturated heterocycles. The molecule has 0 aromatic carbocycles. The van der Waals surface area contributed by atoms with E-state index in [0.717, 1.165) is 17.2 Å². The van der Waals surface area contributed by atoms with E-state index in [1.54, 1.807) is 13.8 Å². The molecule has 0 radical (unpaired) electrons. The molecule has 1 aliphatic rings. The zero-order valence-electron chi connectivity index (χ0n) is 14.1. The lowest BCUT2D eigenvalue weighted by Gasteiger charge is -2.26. The van der Waals surface area contributed by atoms with Crippen molar-refractivity contribution in [3.05, 3.63) is 32.9 Å². The van der Waals surface area contributed by atoms with Gasteiger partial charge in [-0.15, -0.1) is 0 Å². The van der Waals surface area contributed by atoms with Gasteiger partial charge in [-0.2, -0.15) is 4.39 Å². The second kappa shape index (κ2) is 8.66. The molecule has 142 valence electrons. The monoisotopic (exact) mass is 396 g/mol. The summed E-state index contributed by atoms with van der Waals surface area (Å²) in [6, 6.07) is 0. The van der Waals surface area contributed by atoms with Crippen LogP contribution in [0, 0.1) is 5.82 Å². The quantitative estimate of drug-likeness (QED) is 0.659. The number of aliphatic hydroxyl groups excluding tert-OH is 1. The first kappa shape index (κ1) is 20.4. The Hall–Kier alpha value is -0.900. The number of rotatable bonds is 8. The molecule has 0 aliphatic carbocycles. The lowest BCUT2D eigenvalue weighted by molar-refractivity contribution is 0.0496. The highest BCUT2D eigenvalue weighted by Gasteiger charge is 2.31. The minimum absolute atomic E-state index is 0.201. The van der Waals surface area contributed by atoms with Gasteiger partial charge in [0.15, 0.2) is 0 Å². The van der Waals surface area contributed by atoms with Crippen LogP contribution in [-0.4, -0.2) is 39.9 Å². The van der Waals surface area contributed by atoms with Crippen LogP contribution in [0.15, 0.2) is 15.8 Å². The first-order valence-corrected chi connectivity index (χ1v) is 10.7. The van der Waals surface area contributed by atoms with Gasteiger partial charge in [-0.25, -0.2) is 4.79 Å². The molecule has 0 bridgehead atoms. The van der Waals surface area contributed by atoms with Gasteiger partial charge in [-0.3, -0.25) is 13.9 Å². The van der Waals surface area contributed by atoms with Crippen molar-refractivity contribution in [1.82, 2.24) is 9.13 Å². The minimum Gasteiger partial charge on any atom is -0.381 e. The largest absolute Gasteiger partial charge is 0.381 e. The second-order valence-corrected chi connectivity index (χ2v) is 9.13. The van der Waals surface area contributed by atoms with E-state index in [9.17, 15) is 19.1 Å². The van der Waals surface area contributed by atoms with Gasteiger partial charge in [-0.05, 0) is 38.5 Å². The van der Waals surface area contributed by atoms with Crippen LogP contribution >= 0.6 is 6.49 Å². The van der Waals surface area contributed by atoms with Crippen molar-refractivity contribution in [3.8, 4) is 0 Å². The maximum atomic E-state index is 14.0. The molecule has 2 rings (SSSR count). The number of halogens is 1. The number of ether oxygens (including phenoxy) is 1. The summed E-state index contributed by atoms with van der Waals surface area (Å²) < 4.78 is 31.7. The predicted octanol–water partition coefficient (Wildman–Crippen LogP) is 1.16. The van der Waals surface area contributed by atoms with Gasteiger partial charge in [0.2, 0.25) is 12.3 Å². The Labute approximate surface area is 149 Å². The van der Waals surface area contributed by atoms with E-state index in [4.69, 9.17) is 25.6 Å². The Morgan fingerprint density at radius 2 is 2.08 bits per heavy atom. The zero-order valence-corrected chi connectivity index (χ0v) is 15.8. The van der Waals surface area contributed by atoms with Crippen LogP contribution in [0.2, 0.25) is 0 Å². The number of hydrogen-bond acceptors (Lipinski definition) is 7. The predicted molar refractivity (Wildman–Crippen MR) is 92.7 cm³/mol. The molecule has 2 unspecified atom stereocenters. The number of hydrogen-bond donors (Lipinski definition) is 1. The molecule has 1 aliphatic heterocycles. The van der Waals surface area contributed by atoms with Gasteiger partial charge in [-0.1, -0.05) is 0 Å². The molecule has 1 fully saturated rings. The van der Waals surface area contributed by atoms with Crippen molar-refractivity contribution >= 4 is 18.3 Å². The van der Waals surface area contributed by atoms with Crippen molar-refractivity contribution in [3.63, 3.8) is 0 Å². The molecule has 0 saturated carbocycles. The van der Waals surface area contributed by atoms with E-state index >= 15 is 0 Å². The molecule has 0 spiro atoms. The van der Waals surface area contributed by atoms with Crippen LogP contribution in [0.1, 0.15) is 32.9 Å². The average Bonchev–Trinajstić information content (AvgIpc) is 3.09. The molecule has 1 N–H and O–H groups in total. The molecule has 1 aromatic heterocycles. The second-order valence-electron chi connectivity index (χ2n) is 5.41. The fourth-order valence-corrected chi connectivity index (χ4v) is 4.90. The van der Waals surface area contributed by atoms with Crippen LogP contribution in [0.4, 0.5) is 4.39 Å². The Bertz CT molecular complexity index is 751. The summed E-state index contributed by atoms with van der Waals surface area (Å²) in [5.74, 6) is -2.53. The minimum atomic E-state index is -3.14. The molecular formula is C14H22FN2O6PS. The third kappa shape index (κ3) is 4.45. The highest BCUT2D eigenvalue weighted by Crippen LogP contribution is 2.52. The summed E-state index contributed by atoms with van der Waals surface area (Å²) in [5, 5.41) is 10.4. The van der Waals surface area contributed by atoms with E-state index in [-0.39, 0.29) is 13.2 Å². The Kier molecular flexibility index (Phi) is 7.07. The van der Waals surface area contributed by atoms with Gasteiger partial charge in [0.25, 0.3) is 5.56 Å². The third-order valence-corrected chi connectivity index (χ3v) is 7.19. The van der Waals surface area contributed by atoms with Crippen LogP contribution in [0.25, 0.3) is 0 Å². The van der Waals surface area contributed by atoms with Crippen molar-refractivity contribution in [1.29, 1.82) is 0 Å². The Morgan fingerprint density at radius 1 is 1.44 bits per heavy atom. The molecular weight excluding hydrogens is 374 g/mol. The zero-order chi connectivity index (χ0) is 18.6. The molecule has 2 atom stereocenters. The van der Waals surface area contributed by atoms with E-state index < -0.39 is 42.2 Å². The fraction of sp³-hybridized carbons (Fsp3) is 0.714. The maximum Gasteiger partial charge on any atom is 0.333 e. The molecule has 0 amide bonds. The normalized spacial score (nSPS) is 19.3. The maximum absolute atomic E-state index is 14.0. The molecule has 2 heterocycles. The Balaban J connectivity index is 2.39. The lowest BCUT2D eigenvalue weighted by Crippen LogP contribution is -2.44.